The fourth-order valence-corrected chi connectivity index (χ4v) is 0.903. The third-order valence-electron chi connectivity index (χ3n) is 0.793. The van der Waals surface area contributed by atoms with Crippen molar-refractivity contribution in [2.75, 3.05) is 0 Å². The van der Waals surface area contributed by atoms with Gasteiger partial charge in [-0.3, -0.25) is 10.2 Å². The van der Waals surface area contributed by atoms with E-state index in [9.17, 15) is 4.79 Å². The summed E-state index contributed by atoms with van der Waals surface area (Å²) in [5, 5.41) is 0. The molecule has 0 radical (unpaired) electrons. The van der Waals surface area contributed by atoms with Crippen LogP contribution < -0.4 is 11.3 Å². The number of hydrazine groups is 1. The number of amides is 1. The fraction of sp³-hybridized carbons (Fsp3) is 0. The monoisotopic (exact) mass is 143 g/mol. The first-order chi connectivity index (χ1) is 4.34. The van der Waals surface area contributed by atoms with Gasteiger partial charge >= 0.3 is 0 Å². The number of hydrogen-bond donors (Lipinski definition) is 2. The predicted octanol–water partition coefficient (Wildman–Crippen LogP) is -0.253. The minimum absolute atomic E-state index is 0.294. The average molecular weight is 143 g/mol. The Balaban J connectivity index is 2.77. The van der Waals surface area contributed by atoms with E-state index in [0.29, 0.717) is 4.88 Å². The Morgan fingerprint density at radius 3 is 3.11 bits per heavy atom. The van der Waals surface area contributed by atoms with Gasteiger partial charge in [-0.15, -0.1) is 0 Å². The van der Waals surface area contributed by atoms with Crippen LogP contribution in [0.4, 0.5) is 0 Å². The van der Waals surface area contributed by atoms with Gasteiger partial charge in [-0.2, -0.15) is 0 Å². The molecule has 9 heavy (non-hydrogen) atoms. The molecule has 0 unspecified atom stereocenters. The van der Waals surface area contributed by atoms with Crippen molar-refractivity contribution in [3.05, 3.63) is 17.1 Å². The zero-order valence-corrected chi connectivity index (χ0v) is 5.31. The van der Waals surface area contributed by atoms with Gasteiger partial charge in [-0.1, -0.05) is 0 Å². The quantitative estimate of drug-likeness (QED) is 0.323. The van der Waals surface area contributed by atoms with E-state index in [2.05, 4.69) is 4.37 Å². The van der Waals surface area contributed by atoms with E-state index >= 15 is 0 Å². The highest BCUT2D eigenvalue weighted by atomic mass is 32.1. The summed E-state index contributed by atoms with van der Waals surface area (Å²) in [6.45, 7) is 0. The average Bonchev–Trinajstić information content (AvgIpc) is 2.37. The second-order valence-corrected chi connectivity index (χ2v) is 2.18. The third-order valence-corrected chi connectivity index (χ3v) is 1.54. The zero-order chi connectivity index (χ0) is 6.69. The summed E-state index contributed by atoms with van der Waals surface area (Å²) >= 11 is 1.11. The van der Waals surface area contributed by atoms with Gasteiger partial charge in [0.2, 0.25) is 0 Å². The van der Waals surface area contributed by atoms with Crippen LogP contribution in [-0.2, 0) is 0 Å². The molecule has 1 heterocycles. The lowest BCUT2D eigenvalue weighted by atomic mass is 10.5. The first-order valence-corrected chi connectivity index (χ1v) is 3.03. The predicted molar refractivity (Wildman–Crippen MR) is 33.8 cm³/mol. The molecule has 0 spiro atoms. The number of aromatic nitrogens is 1. The van der Waals surface area contributed by atoms with Crippen molar-refractivity contribution in [2.45, 2.75) is 0 Å². The van der Waals surface area contributed by atoms with E-state index in [-0.39, 0.29) is 5.91 Å². The maximum absolute atomic E-state index is 10.6. The Bertz CT molecular complexity index is 196. The molecule has 0 saturated carbocycles. The molecule has 0 aliphatic carbocycles. The highest BCUT2D eigenvalue weighted by Crippen LogP contribution is 2.01. The van der Waals surface area contributed by atoms with E-state index < -0.39 is 0 Å². The molecule has 0 atom stereocenters. The maximum Gasteiger partial charge on any atom is 0.276 e. The Morgan fingerprint density at radius 2 is 2.67 bits per heavy atom. The van der Waals surface area contributed by atoms with Crippen LogP contribution in [0, 0.1) is 0 Å². The van der Waals surface area contributed by atoms with Crippen LogP contribution in [-0.4, -0.2) is 10.3 Å². The van der Waals surface area contributed by atoms with Crippen molar-refractivity contribution < 1.29 is 4.79 Å². The molecule has 0 aliphatic heterocycles. The van der Waals surface area contributed by atoms with Gasteiger partial charge in [0.25, 0.3) is 5.91 Å². The number of nitrogens with one attached hydrogen (secondary N) is 1. The van der Waals surface area contributed by atoms with E-state index in [1.807, 2.05) is 5.43 Å². The standard InChI is InChI=1S/C4H5N3OS/c5-7-4(8)3-1-2-6-9-3/h1-2H,5H2,(H,7,8). The van der Waals surface area contributed by atoms with Crippen molar-refractivity contribution in [1.29, 1.82) is 0 Å². The number of carbonyl (C=O) groups is 1. The molecule has 4 nitrogen and oxygen atoms in total. The summed E-state index contributed by atoms with van der Waals surface area (Å²) in [7, 11) is 0. The van der Waals surface area contributed by atoms with Gasteiger partial charge in [-0.25, -0.2) is 10.2 Å². The van der Waals surface area contributed by atoms with Crippen LogP contribution in [0.25, 0.3) is 0 Å². The molecule has 5 heteroatoms. The second kappa shape index (κ2) is 2.56. The smallest absolute Gasteiger partial charge is 0.276 e. The van der Waals surface area contributed by atoms with Gasteiger partial charge < -0.3 is 0 Å². The van der Waals surface area contributed by atoms with Crippen molar-refractivity contribution in [2.24, 2.45) is 5.84 Å². The first kappa shape index (κ1) is 6.18. The Hall–Kier alpha value is -0.940. The number of nitrogen functional groups attached to an aromatic ring is 1. The molecular formula is C4H5N3OS. The lowest BCUT2D eigenvalue weighted by Gasteiger charge is -1.89. The lowest BCUT2D eigenvalue weighted by molar-refractivity contribution is 0.0957. The molecule has 1 rings (SSSR count). The maximum atomic E-state index is 10.6. The van der Waals surface area contributed by atoms with Gasteiger partial charge in [0.1, 0.15) is 4.88 Å². The SMILES string of the molecule is NNC(=O)c1ccns1. The molecule has 0 aliphatic rings. The number of nitrogens with zero attached hydrogens (tertiary/aromatic N) is 1. The summed E-state index contributed by atoms with van der Waals surface area (Å²) < 4.78 is 3.72. The molecular weight excluding hydrogens is 138 g/mol. The number of rotatable bonds is 1. The van der Waals surface area contributed by atoms with Crippen molar-refractivity contribution in [1.82, 2.24) is 9.80 Å². The van der Waals surface area contributed by atoms with Crippen LogP contribution >= 0.6 is 11.5 Å². The number of carbonyl (C=O) groups excluding carboxylic acids is 1. The topological polar surface area (TPSA) is 68.0 Å². The molecule has 1 amide bonds. The molecule has 0 bridgehead atoms. The Labute approximate surface area is 55.8 Å². The van der Waals surface area contributed by atoms with Crippen molar-refractivity contribution >= 4 is 17.4 Å². The fourth-order valence-electron chi connectivity index (χ4n) is 0.404. The normalized spacial score (nSPS) is 9.00. The Morgan fingerprint density at radius 1 is 1.89 bits per heavy atom. The van der Waals surface area contributed by atoms with E-state index in [1.165, 1.54) is 0 Å². The second-order valence-electron chi connectivity index (χ2n) is 1.35. The first-order valence-electron chi connectivity index (χ1n) is 2.26. The molecule has 1 aromatic heterocycles. The summed E-state index contributed by atoms with van der Waals surface area (Å²) in [5.41, 5.74) is 2.00. The molecule has 0 saturated heterocycles. The van der Waals surface area contributed by atoms with Crippen LogP contribution in [0.2, 0.25) is 0 Å². The van der Waals surface area contributed by atoms with E-state index in [0.717, 1.165) is 11.5 Å². The van der Waals surface area contributed by atoms with Crippen molar-refractivity contribution in [3.8, 4) is 0 Å². The molecule has 1 aromatic rings. The zero-order valence-electron chi connectivity index (χ0n) is 4.50. The summed E-state index contributed by atoms with van der Waals surface area (Å²) in [6, 6.07) is 1.60. The summed E-state index contributed by atoms with van der Waals surface area (Å²) in [5.74, 6) is 4.55. The van der Waals surface area contributed by atoms with Gasteiger partial charge in [-0.05, 0) is 17.6 Å². The van der Waals surface area contributed by atoms with Gasteiger partial charge in [0, 0.05) is 6.20 Å². The van der Waals surface area contributed by atoms with Crippen LogP contribution in [0.3, 0.4) is 0 Å². The van der Waals surface area contributed by atoms with Crippen LogP contribution in [0.15, 0.2) is 12.3 Å². The molecule has 0 aromatic carbocycles. The summed E-state index contributed by atoms with van der Waals surface area (Å²) in [4.78, 5) is 11.1. The van der Waals surface area contributed by atoms with Crippen LogP contribution in [0.5, 0.6) is 0 Å². The highest BCUT2D eigenvalue weighted by molar-refractivity contribution is 7.08. The van der Waals surface area contributed by atoms with E-state index in [1.54, 1.807) is 12.3 Å². The summed E-state index contributed by atoms with van der Waals surface area (Å²) in [6.07, 6.45) is 1.55. The number of nitrogens with two attached hydrogens (primary N) is 1. The minimum atomic E-state index is -0.294. The van der Waals surface area contributed by atoms with E-state index in [4.69, 9.17) is 5.84 Å². The third kappa shape index (κ3) is 1.24. The highest BCUT2D eigenvalue weighted by Gasteiger charge is 2.02. The number of hydrogen-bond acceptors (Lipinski definition) is 4. The van der Waals surface area contributed by atoms with Gasteiger partial charge in [0.15, 0.2) is 0 Å². The minimum Gasteiger partial charge on any atom is -0.289 e. The largest absolute Gasteiger partial charge is 0.289 e. The molecule has 3 N–H and O–H groups in total. The Kier molecular flexibility index (Phi) is 1.76. The lowest BCUT2D eigenvalue weighted by Crippen LogP contribution is -2.29. The molecule has 48 valence electrons. The van der Waals surface area contributed by atoms with Gasteiger partial charge in [0.05, 0.1) is 0 Å². The van der Waals surface area contributed by atoms with Crippen LogP contribution in [0.1, 0.15) is 9.67 Å². The molecule has 0 fully saturated rings. The van der Waals surface area contributed by atoms with Crippen molar-refractivity contribution in [3.63, 3.8) is 0 Å².